The first-order valence-electron chi connectivity index (χ1n) is 6.62. The van der Waals surface area contributed by atoms with Crippen molar-refractivity contribution in [3.63, 3.8) is 0 Å². The van der Waals surface area contributed by atoms with E-state index in [1.54, 1.807) is 23.2 Å². The molecule has 2 aromatic rings. The number of benzene rings is 1. The molecule has 1 aromatic carbocycles. The second-order valence-electron chi connectivity index (χ2n) is 4.88. The molecule has 1 unspecified atom stereocenters. The van der Waals surface area contributed by atoms with Crippen molar-refractivity contribution >= 4 is 22.5 Å². The zero-order chi connectivity index (χ0) is 14.7. The lowest BCUT2D eigenvalue weighted by Crippen LogP contribution is -2.34. The fourth-order valence-corrected chi connectivity index (χ4v) is 2.21. The Bertz CT molecular complexity index is 668. The molecule has 3 N–H and O–H groups in total. The number of amides is 1. The number of fused-ring (bicyclic) bond motifs is 1. The van der Waals surface area contributed by atoms with Crippen LogP contribution in [0.1, 0.15) is 24.2 Å². The van der Waals surface area contributed by atoms with Gasteiger partial charge in [0.2, 0.25) is 0 Å². The highest BCUT2D eigenvalue weighted by molar-refractivity contribution is 6.07. The minimum absolute atomic E-state index is 0.0774. The van der Waals surface area contributed by atoms with Crippen molar-refractivity contribution in [3.05, 3.63) is 30.0 Å². The molecule has 104 valence electrons. The molecule has 2 rings (SSSR count). The van der Waals surface area contributed by atoms with Crippen molar-refractivity contribution in [3.8, 4) is 6.07 Å². The lowest BCUT2D eigenvalue weighted by atomic mass is 10.1. The normalized spacial score (nSPS) is 12.1. The number of nitriles is 1. The number of anilines is 1. The van der Waals surface area contributed by atoms with Crippen molar-refractivity contribution in [2.75, 3.05) is 18.8 Å². The number of nitrogen functional groups attached to an aromatic ring is 1. The Kier molecular flexibility index (Phi) is 3.94. The molecule has 1 heterocycles. The minimum atomic E-state index is -0.186. The van der Waals surface area contributed by atoms with Crippen molar-refractivity contribution in [2.24, 2.45) is 5.92 Å². The van der Waals surface area contributed by atoms with E-state index in [1.165, 1.54) is 0 Å². The van der Waals surface area contributed by atoms with Crippen LogP contribution in [0, 0.1) is 17.2 Å². The minimum Gasteiger partial charge on any atom is -0.399 e. The number of nitrogens with two attached hydrogens (primary N) is 1. The molecule has 0 fully saturated rings. The molecule has 5 heteroatoms. The highest BCUT2D eigenvalue weighted by Crippen LogP contribution is 2.22. The zero-order valence-electron chi connectivity index (χ0n) is 11.7. The Labute approximate surface area is 118 Å². The zero-order valence-corrected chi connectivity index (χ0v) is 11.7. The molecule has 0 bridgehead atoms. The van der Waals surface area contributed by atoms with E-state index in [9.17, 15) is 4.79 Å². The maximum absolute atomic E-state index is 12.6. The number of rotatable bonds is 4. The quantitative estimate of drug-likeness (QED) is 0.836. The lowest BCUT2D eigenvalue weighted by molar-refractivity contribution is 0.0755. The molecule has 1 atom stereocenters. The van der Waals surface area contributed by atoms with E-state index in [0.29, 0.717) is 24.3 Å². The number of aromatic amines is 1. The number of carbonyl (C=O) groups is 1. The maximum Gasteiger partial charge on any atom is 0.256 e. The van der Waals surface area contributed by atoms with Crippen LogP contribution in [0.3, 0.4) is 0 Å². The van der Waals surface area contributed by atoms with Gasteiger partial charge in [0.15, 0.2) is 0 Å². The van der Waals surface area contributed by atoms with Crippen LogP contribution in [0.2, 0.25) is 0 Å². The largest absolute Gasteiger partial charge is 0.399 e. The van der Waals surface area contributed by atoms with Crippen LogP contribution in [0.15, 0.2) is 24.4 Å². The van der Waals surface area contributed by atoms with Gasteiger partial charge in [-0.1, -0.05) is 0 Å². The van der Waals surface area contributed by atoms with Crippen LogP contribution in [-0.2, 0) is 0 Å². The summed E-state index contributed by atoms with van der Waals surface area (Å²) in [6.07, 6.45) is 1.70. The van der Waals surface area contributed by atoms with Crippen LogP contribution >= 0.6 is 0 Å². The Balaban J connectivity index is 2.35. The number of H-pyrrole nitrogens is 1. The van der Waals surface area contributed by atoms with Gasteiger partial charge in [-0.2, -0.15) is 5.26 Å². The summed E-state index contributed by atoms with van der Waals surface area (Å²) in [6, 6.07) is 7.60. The fraction of sp³-hybridized carbons (Fsp3) is 0.333. The molecule has 20 heavy (non-hydrogen) atoms. The summed E-state index contributed by atoms with van der Waals surface area (Å²) in [5.74, 6) is -0.263. The summed E-state index contributed by atoms with van der Waals surface area (Å²) in [6.45, 7) is 4.72. The molecular formula is C15H18N4O. The number of nitrogens with one attached hydrogen (secondary N) is 1. The first kappa shape index (κ1) is 13.9. The Morgan fingerprint density at radius 1 is 1.55 bits per heavy atom. The molecular weight excluding hydrogens is 252 g/mol. The number of hydrogen-bond acceptors (Lipinski definition) is 3. The second-order valence-corrected chi connectivity index (χ2v) is 4.88. The standard InChI is InChI=1S/C15H18N4O/c1-3-19(9-10(2)7-16)15(20)13-8-18-14-5-4-11(17)6-12(13)14/h4-6,8,10,18H,3,9,17H2,1-2H3. The van der Waals surface area contributed by atoms with Crippen molar-refractivity contribution in [1.82, 2.24) is 9.88 Å². The van der Waals surface area contributed by atoms with Gasteiger partial charge < -0.3 is 15.6 Å². The van der Waals surface area contributed by atoms with Crippen molar-refractivity contribution in [1.29, 1.82) is 5.26 Å². The molecule has 5 nitrogen and oxygen atoms in total. The van der Waals surface area contributed by atoms with Gasteiger partial charge in [-0.3, -0.25) is 4.79 Å². The van der Waals surface area contributed by atoms with Gasteiger partial charge in [-0.15, -0.1) is 0 Å². The molecule has 0 radical (unpaired) electrons. The first-order valence-corrected chi connectivity index (χ1v) is 6.62. The topological polar surface area (TPSA) is 85.9 Å². The summed E-state index contributed by atoms with van der Waals surface area (Å²) in [5.41, 5.74) is 7.88. The van der Waals surface area contributed by atoms with E-state index in [-0.39, 0.29) is 11.8 Å². The van der Waals surface area contributed by atoms with Gasteiger partial charge >= 0.3 is 0 Å². The maximum atomic E-state index is 12.6. The van der Waals surface area contributed by atoms with E-state index in [1.807, 2.05) is 19.9 Å². The first-order chi connectivity index (χ1) is 9.56. The van der Waals surface area contributed by atoms with E-state index >= 15 is 0 Å². The second kappa shape index (κ2) is 5.66. The predicted molar refractivity (Wildman–Crippen MR) is 79.1 cm³/mol. The fourth-order valence-electron chi connectivity index (χ4n) is 2.21. The van der Waals surface area contributed by atoms with Gasteiger partial charge in [-0.25, -0.2) is 0 Å². The summed E-state index contributed by atoms with van der Waals surface area (Å²) in [5, 5.41) is 9.71. The highest BCUT2D eigenvalue weighted by atomic mass is 16.2. The van der Waals surface area contributed by atoms with Crippen LogP contribution in [-0.4, -0.2) is 28.9 Å². The number of hydrogen-bond donors (Lipinski definition) is 2. The van der Waals surface area contributed by atoms with Gasteiger partial charge in [0.1, 0.15) is 0 Å². The molecule has 0 spiro atoms. The predicted octanol–water partition coefficient (Wildman–Crippen LogP) is 2.37. The third-order valence-electron chi connectivity index (χ3n) is 3.32. The number of aromatic nitrogens is 1. The SMILES string of the molecule is CCN(CC(C)C#N)C(=O)c1c[nH]c2ccc(N)cc12. The summed E-state index contributed by atoms with van der Waals surface area (Å²) >= 11 is 0. The summed E-state index contributed by atoms with van der Waals surface area (Å²) in [4.78, 5) is 17.3. The van der Waals surface area contributed by atoms with E-state index in [0.717, 1.165) is 10.9 Å². The highest BCUT2D eigenvalue weighted by Gasteiger charge is 2.19. The van der Waals surface area contributed by atoms with E-state index in [4.69, 9.17) is 11.0 Å². The molecule has 0 aliphatic heterocycles. The van der Waals surface area contributed by atoms with Crippen LogP contribution in [0.25, 0.3) is 10.9 Å². The molecule has 0 saturated carbocycles. The summed E-state index contributed by atoms with van der Waals surface area (Å²) in [7, 11) is 0. The summed E-state index contributed by atoms with van der Waals surface area (Å²) < 4.78 is 0. The number of nitrogens with zero attached hydrogens (tertiary/aromatic N) is 2. The van der Waals surface area contributed by atoms with Gasteiger partial charge in [0, 0.05) is 35.9 Å². The van der Waals surface area contributed by atoms with Crippen LogP contribution in [0.5, 0.6) is 0 Å². The molecule has 1 amide bonds. The van der Waals surface area contributed by atoms with Gasteiger partial charge in [0.05, 0.1) is 17.6 Å². The van der Waals surface area contributed by atoms with Crippen LogP contribution in [0.4, 0.5) is 5.69 Å². The molecule has 0 aliphatic rings. The Morgan fingerprint density at radius 3 is 2.95 bits per heavy atom. The average molecular weight is 270 g/mol. The van der Waals surface area contributed by atoms with E-state index in [2.05, 4.69) is 11.1 Å². The van der Waals surface area contributed by atoms with Gasteiger partial charge in [0.25, 0.3) is 5.91 Å². The number of carbonyl (C=O) groups excluding carboxylic acids is 1. The van der Waals surface area contributed by atoms with Gasteiger partial charge in [-0.05, 0) is 32.0 Å². The monoisotopic (exact) mass is 270 g/mol. The van der Waals surface area contributed by atoms with Crippen molar-refractivity contribution < 1.29 is 4.79 Å². The smallest absolute Gasteiger partial charge is 0.256 e. The third-order valence-corrected chi connectivity index (χ3v) is 3.32. The Morgan fingerprint density at radius 2 is 2.30 bits per heavy atom. The lowest BCUT2D eigenvalue weighted by Gasteiger charge is -2.21. The van der Waals surface area contributed by atoms with Crippen molar-refractivity contribution in [2.45, 2.75) is 13.8 Å². The molecule has 0 aliphatic carbocycles. The van der Waals surface area contributed by atoms with Crippen LogP contribution < -0.4 is 5.73 Å². The van der Waals surface area contributed by atoms with E-state index < -0.39 is 0 Å². The molecule has 1 aromatic heterocycles. The third kappa shape index (κ3) is 2.59. The Hall–Kier alpha value is -2.48. The molecule has 0 saturated heterocycles. The average Bonchev–Trinajstić information content (AvgIpc) is 2.86.